The van der Waals surface area contributed by atoms with E-state index in [0.29, 0.717) is 6.04 Å². The molecule has 0 bridgehead atoms. The first-order chi connectivity index (χ1) is 4.77. The summed E-state index contributed by atoms with van der Waals surface area (Å²) in [5, 5.41) is 2.24. The van der Waals surface area contributed by atoms with E-state index >= 15 is 0 Å². The highest BCUT2D eigenvalue weighted by Crippen LogP contribution is 2.27. The summed E-state index contributed by atoms with van der Waals surface area (Å²) >= 11 is 0. The molecule has 10 heavy (non-hydrogen) atoms. The minimum absolute atomic E-state index is 0.170. The van der Waals surface area contributed by atoms with Crippen LogP contribution >= 0.6 is 0 Å². The number of carbonyl (C=O) groups is 2. The molecule has 54 valence electrons. The fraction of sp³-hybridized carbons (Fsp3) is 0.667. The van der Waals surface area contributed by atoms with Crippen LogP contribution in [0.4, 0.5) is 4.79 Å². The van der Waals surface area contributed by atoms with Gasteiger partial charge in [0.1, 0.15) is 6.54 Å². The molecule has 1 saturated carbocycles. The summed E-state index contributed by atoms with van der Waals surface area (Å²) in [6.07, 6.45) is 2.11. The smallest absolute Gasteiger partial charge is 0.312 e. The number of hydrogen-bond acceptors (Lipinski definition) is 2. The monoisotopic (exact) mass is 140 g/mol. The van der Waals surface area contributed by atoms with Gasteiger partial charge in [0, 0.05) is 6.04 Å². The molecule has 0 aromatic rings. The van der Waals surface area contributed by atoms with Gasteiger partial charge >= 0.3 is 6.03 Å². The summed E-state index contributed by atoms with van der Waals surface area (Å²) in [6.45, 7) is 0.267. The van der Waals surface area contributed by atoms with Crippen LogP contribution in [-0.2, 0) is 4.79 Å². The van der Waals surface area contributed by atoms with Crippen LogP contribution in [0.25, 0.3) is 0 Å². The molecular weight excluding hydrogens is 132 g/mol. The molecule has 0 spiro atoms. The normalized spacial score (nSPS) is 25.4. The van der Waals surface area contributed by atoms with Gasteiger partial charge in [-0.05, 0) is 12.8 Å². The largest absolute Gasteiger partial charge is 0.324 e. The molecule has 2 aliphatic rings. The molecule has 1 aliphatic heterocycles. The van der Waals surface area contributed by atoms with Crippen LogP contribution in [0.3, 0.4) is 0 Å². The van der Waals surface area contributed by atoms with E-state index in [0.717, 1.165) is 12.8 Å². The molecule has 3 amide bonds. The van der Waals surface area contributed by atoms with Gasteiger partial charge in [-0.1, -0.05) is 0 Å². The molecule has 0 aromatic carbocycles. The third-order valence-corrected chi connectivity index (χ3v) is 1.81. The highest BCUT2D eigenvalue weighted by molar-refractivity contribution is 6.02. The molecule has 4 heteroatoms. The van der Waals surface area contributed by atoms with E-state index in [4.69, 9.17) is 0 Å². The topological polar surface area (TPSA) is 49.4 Å². The fourth-order valence-corrected chi connectivity index (χ4v) is 1.14. The molecule has 4 nitrogen and oxygen atoms in total. The zero-order chi connectivity index (χ0) is 7.14. The van der Waals surface area contributed by atoms with Gasteiger partial charge in [-0.2, -0.15) is 0 Å². The predicted molar refractivity (Wildman–Crippen MR) is 33.3 cm³/mol. The van der Waals surface area contributed by atoms with E-state index in [2.05, 4.69) is 5.32 Å². The molecular formula is C6H8N2O2. The van der Waals surface area contributed by atoms with Crippen molar-refractivity contribution in [1.82, 2.24) is 10.2 Å². The molecule has 2 fully saturated rings. The van der Waals surface area contributed by atoms with Crippen molar-refractivity contribution in [2.75, 3.05) is 6.54 Å². The Morgan fingerprint density at radius 1 is 1.40 bits per heavy atom. The lowest BCUT2D eigenvalue weighted by molar-refractivity contribution is -0.118. The maximum atomic E-state index is 10.9. The van der Waals surface area contributed by atoms with Crippen molar-refractivity contribution in [2.24, 2.45) is 0 Å². The van der Waals surface area contributed by atoms with Crippen LogP contribution in [-0.4, -0.2) is 29.4 Å². The second-order valence-corrected chi connectivity index (χ2v) is 2.71. The van der Waals surface area contributed by atoms with Crippen molar-refractivity contribution < 1.29 is 9.59 Å². The van der Waals surface area contributed by atoms with Crippen molar-refractivity contribution in [2.45, 2.75) is 18.9 Å². The van der Waals surface area contributed by atoms with Crippen LogP contribution in [0, 0.1) is 0 Å². The third-order valence-electron chi connectivity index (χ3n) is 1.81. The van der Waals surface area contributed by atoms with E-state index in [1.807, 2.05) is 0 Å². The number of rotatable bonds is 1. The number of imide groups is 1. The highest BCUT2D eigenvalue weighted by atomic mass is 16.2. The molecule has 1 heterocycles. The quantitative estimate of drug-likeness (QED) is 0.508. The van der Waals surface area contributed by atoms with E-state index in [1.165, 1.54) is 0 Å². The van der Waals surface area contributed by atoms with Gasteiger partial charge in [-0.15, -0.1) is 0 Å². The average Bonchev–Trinajstić information content (AvgIpc) is 2.61. The Morgan fingerprint density at radius 2 is 2.10 bits per heavy atom. The summed E-state index contributed by atoms with van der Waals surface area (Å²) in [7, 11) is 0. The third kappa shape index (κ3) is 0.761. The van der Waals surface area contributed by atoms with Crippen LogP contribution in [0.1, 0.15) is 12.8 Å². The Bertz CT molecular complexity index is 198. The lowest BCUT2D eigenvalue weighted by Gasteiger charge is -2.09. The molecule has 2 rings (SSSR count). The average molecular weight is 140 g/mol. The second kappa shape index (κ2) is 1.71. The summed E-state index contributed by atoms with van der Waals surface area (Å²) < 4.78 is 0. The van der Waals surface area contributed by atoms with Crippen LogP contribution in [0.5, 0.6) is 0 Å². The van der Waals surface area contributed by atoms with Crippen molar-refractivity contribution in [1.29, 1.82) is 0 Å². The van der Waals surface area contributed by atoms with Gasteiger partial charge in [-0.25, -0.2) is 4.79 Å². The SMILES string of the molecule is O=C1CN(C2CC2)C(=O)N1. The molecule has 1 saturated heterocycles. The minimum Gasteiger partial charge on any atom is -0.312 e. The standard InChI is InChI=1S/C6H8N2O2/c9-5-3-8(4-1-2-4)6(10)7-5/h4H,1-3H2,(H,7,9,10). The lowest BCUT2D eigenvalue weighted by atomic mass is 10.5. The number of nitrogens with one attached hydrogen (secondary N) is 1. The summed E-state index contributed by atoms with van der Waals surface area (Å²) in [6, 6.07) is 0.138. The molecule has 0 radical (unpaired) electrons. The van der Waals surface area contributed by atoms with Crippen LogP contribution < -0.4 is 5.32 Å². The maximum Gasteiger partial charge on any atom is 0.324 e. The molecule has 1 aliphatic carbocycles. The van der Waals surface area contributed by atoms with Gasteiger partial charge in [0.25, 0.3) is 0 Å². The summed E-state index contributed by atoms with van der Waals surface area (Å²) in [5.41, 5.74) is 0. The van der Waals surface area contributed by atoms with E-state index in [-0.39, 0.29) is 18.5 Å². The predicted octanol–water partition coefficient (Wildman–Crippen LogP) is -0.299. The Labute approximate surface area is 58.2 Å². The Hall–Kier alpha value is -1.06. The first-order valence-electron chi connectivity index (χ1n) is 3.38. The first-order valence-corrected chi connectivity index (χ1v) is 3.38. The second-order valence-electron chi connectivity index (χ2n) is 2.71. The van der Waals surface area contributed by atoms with Gasteiger partial charge in [0.2, 0.25) is 5.91 Å². The summed E-state index contributed by atoms with van der Waals surface area (Å²) in [5.74, 6) is -0.170. The number of urea groups is 1. The van der Waals surface area contributed by atoms with Gasteiger partial charge in [-0.3, -0.25) is 10.1 Å². The molecule has 0 aromatic heterocycles. The lowest BCUT2D eigenvalue weighted by Crippen LogP contribution is -2.29. The summed E-state index contributed by atoms with van der Waals surface area (Å²) in [4.78, 5) is 23.1. The van der Waals surface area contributed by atoms with E-state index in [1.54, 1.807) is 4.90 Å². The number of amides is 3. The van der Waals surface area contributed by atoms with Gasteiger partial charge < -0.3 is 4.90 Å². The Kier molecular flexibility index (Phi) is 0.977. The van der Waals surface area contributed by atoms with Crippen molar-refractivity contribution in [3.8, 4) is 0 Å². The van der Waals surface area contributed by atoms with Gasteiger partial charge in [0.15, 0.2) is 0 Å². The van der Waals surface area contributed by atoms with Crippen molar-refractivity contribution in [3.63, 3.8) is 0 Å². The zero-order valence-electron chi connectivity index (χ0n) is 5.46. The maximum absolute atomic E-state index is 10.9. The molecule has 1 N–H and O–H groups in total. The zero-order valence-corrected chi connectivity index (χ0v) is 5.46. The minimum atomic E-state index is -0.215. The fourth-order valence-electron chi connectivity index (χ4n) is 1.14. The van der Waals surface area contributed by atoms with E-state index in [9.17, 15) is 9.59 Å². The van der Waals surface area contributed by atoms with Gasteiger partial charge in [0.05, 0.1) is 0 Å². The van der Waals surface area contributed by atoms with Crippen molar-refractivity contribution >= 4 is 11.9 Å². The number of nitrogens with zero attached hydrogens (tertiary/aromatic N) is 1. The van der Waals surface area contributed by atoms with Crippen LogP contribution in [0.15, 0.2) is 0 Å². The number of hydrogen-bond donors (Lipinski definition) is 1. The highest BCUT2D eigenvalue weighted by Gasteiger charge is 2.38. The molecule has 0 unspecified atom stereocenters. The first kappa shape index (κ1) is 5.70. The Morgan fingerprint density at radius 3 is 2.50 bits per heavy atom. The van der Waals surface area contributed by atoms with Crippen molar-refractivity contribution in [3.05, 3.63) is 0 Å². The van der Waals surface area contributed by atoms with E-state index < -0.39 is 0 Å². The van der Waals surface area contributed by atoms with Crippen LogP contribution in [0.2, 0.25) is 0 Å². The molecule has 0 atom stereocenters. The number of carbonyl (C=O) groups excluding carboxylic acids is 2. The Balaban J connectivity index is 2.08.